The summed E-state index contributed by atoms with van der Waals surface area (Å²) in [6.45, 7) is 0.753. The van der Waals surface area contributed by atoms with Crippen LogP contribution in [-0.2, 0) is 14.3 Å². The van der Waals surface area contributed by atoms with Gasteiger partial charge in [0.2, 0.25) is 0 Å². The van der Waals surface area contributed by atoms with E-state index in [0.29, 0.717) is 24.6 Å². The Bertz CT molecular complexity index is 470. The van der Waals surface area contributed by atoms with Crippen LogP contribution in [0.5, 0.6) is 5.75 Å². The van der Waals surface area contributed by atoms with Crippen LogP contribution in [0.3, 0.4) is 0 Å². The molecule has 1 aromatic rings. The zero-order valence-corrected chi connectivity index (χ0v) is 11.0. The van der Waals surface area contributed by atoms with Crippen LogP contribution in [0, 0.1) is 0 Å². The van der Waals surface area contributed by atoms with Crippen LogP contribution in [0.15, 0.2) is 24.4 Å². The van der Waals surface area contributed by atoms with Crippen molar-refractivity contribution in [3.63, 3.8) is 0 Å². The normalized spacial score (nSPS) is 10.4. The Hall–Kier alpha value is -2.41. The maximum atomic E-state index is 11.3. The molecule has 108 valence electrons. The number of nitrogens with one attached hydrogen (secondary N) is 1. The van der Waals surface area contributed by atoms with Crippen molar-refractivity contribution >= 4 is 18.0 Å². The average Bonchev–Trinajstić information content (AvgIpc) is 2.44. The van der Waals surface area contributed by atoms with Crippen LogP contribution in [0.1, 0.15) is 5.69 Å². The summed E-state index contributed by atoms with van der Waals surface area (Å²) in [6, 6.07) is 3.20. The molecular weight excluding hydrogens is 264 g/mol. The van der Waals surface area contributed by atoms with Gasteiger partial charge in [-0.25, -0.2) is 4.79 Å². The van der Waals surface area contributed by atoms with Gasteiger partial charge in [0, 0.05) is 19.7 Å². The van der Waals surface area contributed by atoms with Crippen molar-refractivity contribution in [2.75, 3.05) is 26.9 Å². The van der Waals surface area contributed by atoms with E-state index in [2.05, 4.69) is 10.3 Å². The molecule has 0 unspecified atom stereocenters. The van der Waals surface area contributed by atoms with Crippen LogP contribution < -0.4 is 10.1 Å². The number of carboxylic acid groups (broad SMARTS) is 1. The summed E-state index contributed by atoms with van der Waals surface area (Å²) >= 11 is 0. The predicted molar refractivity (Wildman–Crippen MR) is 71.3 cm³/mol. The number of carbonyl (C=O) groups is 2. The maximum absolute atomic E-state index is 11.3. The van der Waals surface area contributed by atoms with Crippen molar-refractivity contribution in [3.8, 4) is 5.75 Å². The van der Waals surface area contributed by atoms with Gasteiger partial charge < -0.3 is 19.9 Å². The lowest BCUT2D eigenvalue weighted by molar-refractivity contribution is -0.131. The molecule has 0 aliphatic carbocycles. The zero-order valence-electron chi connectivity index (χ0n) is 11.0. The Morgan fingerprint density at radius 3 is 2.85 bits per heavy atom. The molecule has 1 rings (SSSR count). The highest BCUT2D eigenvalue weighted by Crippen LogP contribution is 2.09. The number of ether oxygens (including phenoxy) is 2. The second-order valence-electron chi connectivity index (χ2n) is 3.72. The molecule has 1 aromatic heterocycles. The van der Waals surface area contributed by atoms with Gasteiger partial charge in [-0.05, 0) is 18.2 Å². The molecule has 0 aromatic carbocycles. The highest BCUT2D eigenvalue weighted by atomic mass is 16.5. The fraction of sp³-hybridized carbons (Fsp3) is 0.308. The van der Waals surface area contributed by atoms with Crippen molar-refractivity contribution < 1.29 is 24.2 Å². The number of aliphatic carboxylic acids is 1. The van der Waals surface area contributed by atoms with E-state index >= 15 is 0 Å². The second kappa shape index (κ2) is 8.65. The third-order valence-electron chi connectivity index (χ3n) is 2.15. The Morgan fingerprint density at radius 1 is 1.45 bits per heavy atom. The van der Waals surface area contributed by atoms with Crippen LogP contribution in [0.2, 0.25) is 0 Å². The zero-order chi connectivity index (χ0) is 14.8. The van der Waals surface area contributed by atoms with E-state index in [0.717, 1.165) is 6.08 Å². The molecule has 2 N–H and O–H groups in total. The summed E-state index contributed by atoms with van der Waals surface area (Å²) in [5.74, 6) is -0.865. The number of hydrogen-bond acceptors (Lipinski definition) is 5. The first-order valence-electron chi connectivity index (χ1n) is 5.87. The standard InChI is InChI=1S/C13H16N2O5/c1-19-7-6-14-12(16)9-20-11-4-2-10(15-8-11)3-5-13(17)18/h2-5,8H,6-7,9H2,1H3,(H,14,16)(H,17,18). The van der Waals surface area contributed by atoms with E-state index in [4.69, 9.17) is 14.6 Å². The Kier molecular flexibility index (Phi) is 6.77. The Morgan fingerprint density at radius 2 is 2.25 bits per heavy atom. The lowest BCUT2D eigenvalue weighted by atomic mass is 10.3. The van der Waals surface area contributed by atoms with Gasteiger partial charge >= 0.3 is 5.97 Å². The third-order valence-corrected chi connectivity index (χ3v) is 2.15. The summed E-state index contributed by atoms with van der Waals surface area (Å²) in [6.07, 6.45) is 3.78. The molecule has 7 heteroatoms. The fourth-order valence-electron chi connectivity index (χ4n) is 1.22. The number of carbonyl (C=O) groups excluding carboxylic acids is 1. The first kappa shape index (κ1) is 15.6. The monoisotopic (exact) mass is 280 g/mol. The second-order valence-corrected chi connectivity index (χ2v) is 3.72. The van der Waals surface area contributed by atoms with Crippen molar-refractivity contribution in [3.05, 3.63) is 30.1 Å². The topological polar surface area (TPSA) is 97.8 Å². The van der Waals surface area contributed by atoms with Gasteiger partial charge in [-0.2, -0.15) is 0 Å². The molecule has 0 spiro atoms. The van der Waals surface area contributed by atoms with Crippen LogP contribution >= 0.6 is 0 Å². The van der Waals surface area contributed by atoms with Gasteiger partial charge in [-0.15, -0.1) is 0 Å². The minimum Gasteiger partial charge on any atom is -0.482 e. The van der Waals surface area contributed by atoms with Gasteiger partial charge in [0.25, 0.3) is 5.91 Å². The van der Waals surface area contributed by atoms with Gasteiger partial charge in [0.15, 0.2) is 6.61 Å². The summed E-state index contributed by atoms with van der Waals surface area (Å²) in [5.41, 5.74) is 0.490. The number of hydrogen-bond donors (Lipinski definition) is 2. The Labute approximate surface area is 116 Å². The van der Waals surface area contributed by atoms with E-state index < -0.39 is 5.97 Å². The van der Waals surface area contributed by atoms with Crippen LogP contribution in [0.4, 0.5) is 0 Å². The molecule has 0 aliphatic rings. The smallest absolute Gasteiger partial charge is 0.328 e. The summed E-state index contributed by atoms with van der Waals surface area (Å²) < 4.78 is 10.0. The number of rotatable bonds is 8. The number of methoxy groups -OCH3 is 1. The summed E-state index contributed by atoms with van der Waals surface area (Å²) in [4.78, 5) is 25.7. The minimum atomic E-state index is -1.04. The quantitative estimate of drug-likeness (QED) is 0.526. The van der Waals surface area contributed by atoms with Gasteiger partial charge in [-0.3, -0.25) is 9.78 Å². The number of carboxylic acids is 1. The van der Waals surface area contributed by atoms with Crippen LogP contribution in [-0.4, -0.2) is 48.8 Å². The molecule has 7 nitrogen and oxygen atoms in total. The molecule has 0 radical (unpaired) electrons. The molecule has 0 fully saturated rings. The number of amides is 1. The van der Waals surface area contributed by atoms with Crippen molar-refractivity contribution in [1.29, 1.82) is 0 Å². The summed E-state index contributed by atoms with van der Waals surface area (Å²) in [7, 11) is 1.55. The van der Waals surface area contributed by atoms with E-state index in [1.165, 1.54) is 12.3 Å². The van der Waals surface area contributed by atoms with E-state index in [9.17, 15) is 9.59 Å². The number of pyridine rings is 1. The predicted octanol–water partition coefficient (Wildman–Crippen LogP) is 0.321. The van der Waals surface area contributed by atoms with Gasteiger partial charge in [-0.1, -0.05) is 0 Å². The number of nitrogens with zero attached hydrogens (tertiary/aromatic N) is 1. The molecule has 1 heterocycles. The SMILES string of the molecule is COCCNC(=O)COc1ccc(C=CC(=O)O)nc1. The van der Waals surface area contributed by atoms with E-state index in [1.807, 2.05) is 0 Å². The summed E-state index contributed by atoms with van der Waals surface area (Å²) in [5, 5.41) is 11.1. The molecule has 20 heavy (non-hydrogen) atoms. The van der Waals surface area contributed by atoms with Crippen molar-refractivity contribution in [2.24, 2.45) is 0 Å². The molecule has 0 aliphatic heterocycles. The minimum absolute atomic E-state index is 0.115. The van der Waals surface area contributed by atoms with Gasteiger partial charge in [0.05, 0.1) is 18.5 Å². The largest absolute Gasteiger partial charge is 0.482 e. The molecular formula is C13H16N2O5. The van der Waals surface area contributed by atoms with E-state index in [-0.39, 0.29) is 12.5 Å². The molecule has 0 saturated carbocycles. The lowest BCUT2D eigenvalue weighted by Crippen LogP contribution is -2.31. The Balaban J connectivity index is 2.38. The van der Waals surface area contributed by atoms with Crippen LogP contribution in [0.25, 0.3) is 6.08 Å². The van der Waals surface area contributed by atoms with Crippen molar-refractivity contribution in [2.45, 2.75) is 0 Å². The highest BCUT2D eigenvalue weighted by molar-refractivity contribution is 5.84. The third kappa shape index (κ3) is 6.50. The fourth-order valence-corrected chi connectivity index (χ4v) is 1.22. The number of aromatic nitrogens is 1. The first-order chi connectivity index (χ1) is 9.61. The van der Waals surface area contributed by atoms with Crippen molar-refractivity contribution in [1.82, 2.24) is 10.3 Å². The average molecular weight is 280 g/mol. The molecule has 0 atom stereocenters. The maximum Gasteiger partial charge on any atom is 0.328 e. The molecule has 0 bridgehead atoms. The van der Waals surface area contributed by atoms with E-state index in [1.54, 1.807) is 19.2 Å². The lowest BCUT2D eigenvalue weighted by Gasteiger charge is -2.06. The highest BCUT2D eigenvalue weighted by Gasteiger charge is 2.02. The first-order valence-corrected chi connectivity index (χ1v) is 5.87. The molecule has 1 amide bonds. The molecule has 0 saturated heterocycles. The van der Waals surface area contributed by atoms with Gasteiger partial charge in [0.1, 0.15) is 5.75 Å².